The van der Waals surface area contributed by atoms with Gasteiger partial charge in [-0.25, -0.2) is 4.98 Å². The van der Waals surface area contributed by atoms with Gasteiger partial charge < -0.3 is 4.57 Å². The summed E-state index contributed by atoms with van der Waals surface area (Å²) in [5, 5.41) is 4.78. The second-order valence-corrected chi connectivity index (χ2v) is 15.0. The molecule has 0 aliphatic heterocycles. The molecule has 0 atom stereocenters. The van der Waals surface area contributed by atoms with Crippen LogP contribution < -0.4 is 0 Å². The molecule has 1 saturated carbocycles. The number of fused-ring (bicyclic) bond motifs is 6. The van der Waals surface area contributed by atoms with Gasteiger partial charge >= 0.3 is 0 Å². The van der Waals surface area contributed by atoms with E-state index in [2.05, 4.69) is 179 Å². The van der Waals surface area contributed by atoms with Crippen molar-refractivity contribution in [3.05, 3.63) is 175 Å². The third kappa shape index (κ3) is 5.34. The lowest BCUT2D eigenvalue weighted by Gasteiger charge is -2.25. The van der Waals surface area contributed by atoms with Crippen LogP contribution in [0.25, 0.3) is 89.2 Å². The SMILES string of the molecule is c1ccc(-c2ccc(C3CCCCC3)c(-c3nc(-c4ccccc4-n4c5ccccc5c5ccccc54)nc(-n4c5ccccc5c5ccccc54)n3)c2)cc1. The summed E-state index contributed by atoms with van der Waals surface area (Å²) < 4.78 is 4.59. The Balaban J connectivity index is 1.22. The predicted octanol–water partition coefficient (Wildman–Crippen LogP) is 13.1. The summed E-state index contributed by atoms with van der Waals surface area (Å²) in [6, 6.07) is 60.7. The molecular weight excluding hydrogens is 683 g/mol. The van der Waals surface area contributed by atoms with Crippen LogP contribution in [0.3, 0.4) is 0 Å². The molecule has 7 aromatic carbocycles. The van der Waals surface area contributed by atoms with Gasteiger partial charge in [0.2, 0.25) is 5.95 Å². The summed E-state index contributed by atoms with van der Waals surface area (Å²) in [4.78, 5) is 16.5. The van der Waals surface area contributed by atoms with Crippen molar-refractivity contribution < 1.29 is 0 Å². The van der Waals surface area contributed by atoms with Crippen LogP contribution in [0.5, 0.6) is 0 Å². The molecule has 5 nitrogen and oxygen atoms in total. The zero-order valence-corrected chi connectivity index (χ0v) is 31.0. The van der Waals surface area contributed by atoms with Crippen molar-refractivity contribution in [1.82, 2.24) is 24.1 Å². The van der Waals surface area contributed by atoms with Gasteiger partial charge in [0.25, 0.3) is 0 Å². The molecule has 3 aromatic heterocycles. The maximum atomic E-state index is 5.52. The van der Waals surface area contributed by atoms with Gasteiger partial charge in [-0.1, -0.05) is 147 Å². The van der Waals surface area contributed by atoms with Crippen LogP contribution in [-0.2, 0) is 0 Å². The minimum Gasteiger partial charge on any atom is -0.309 e. The molecule has 5 heteroatoms. The number of aromatic nitrogens is 5. The number of hydrogen-bond acceptors (Lipinski definition) is 3. The molecular formula is C51H39N5. The Morgan fingerprint density at radius 2 is 0.893 bits per heavy atom. The first-order valence-corrected chi connectivity index (χ1v) is 19.8. The molecule has 0 spiro atoms. The van der Waals surface area contributed by atoms with Crippen molar-refractivity contribution >= 4 is 43.6 Å². The van der Waals surface area contributed by atoms with E-state index in [0.29, 0.717) is 23.5 Å². The Kier molecular flexibility index (Phi) is 7.83. The Bertz CT molecular complexity index is 2970. The highest BCUT2D eigenvalue weighted by atomic mass is 15.2. The lowest BCUT2D eigenvalue weighted by molar-refractivity contribution is 0.444. The highest BCUT2D eigenvalue weighted by Gasteiger charge is 2.25. The summed E-state index contributed by atoms with van der Waals surface area (Å²) in [5.41, 5.74) is 11.1. The number of rotatable bonds is 6. The molecule has 56 heavy (non-hydrogen) atoms. The fourth-order valence-corrected chi connectivity index (χ4v) is 9.21. The highest BCUT2D eigenvalue weighted by Crippen LogP contribution is 2.41. The van der Waals surface area contributed by atoms with Gasteiger partial charge in [0.15, 0.2) is 11.6 Å². The van der Waals surface area contributed by atoms with Crippen molar-refractivity contribution in [2.45, 2.75) is 38.0 Å². The molecule has 268 valence electrons. The van der Waals surface area contributed by atoms with Crippen LogP contribution in [0, 0.1) is 0 Å². The molecule has 0 amide bonds. The van der Waals surface area contributed by atoms with Crippen molar-refractivity contribution in [2.24, 2.45) is 0 Å². The van der Waals surface area contributed by atoms with Gasteiger partial charge in [-0.05, 0) is 77.9 Å². The Hall–Kier alpha value is -6.85. The molecule has 11 rings (SSSR count). The summed E-state index contributed by atoms with van der Waals surface area (Å²) in [7, 11) is 0. The van der Waals surface area contributed by atoms with E-state index < -0.39 is 0 Å². The molecule has 1 aliphatic carbocycles. The number of para-hydroxylation sites is 5. The summed E-state index contributed by atoms with van der Waals surface area (Å²) in [6.07, 6.45) is 6.12. The lowest BCUT2D eigenvalue weighted by atomic mass is 9.81. The third-order valence-electron chi connectivity index (χ3n) is 11.8. The first-order valence-electron chi connectivity index (χ1n) is 19.8. The highest BCUT2D eigenvalue weighted by molar-refractivity contribution is 6.10. The van der Waals surface area contributed by atoms with E-state index in [1.54, 1.807) is 0 Å². The average molecular weight is 722 g/mol. The molecule has 0 radical (unpaired) electrons. The largest absolute Gasteiger partial charge is 0.309 e. The van der Waals surface area contributed by atoms with Crippen LogP contribution in [0.4, 0.5) is 0 Å². The van der Waals surface area contributed by atoms with E-state index in [1.807, 2.05) is 0 Å². The van der Waals surface area contributed by atoms with Crippen LogP contribution >= 0.6 is 0 Å². The first kappa shape index (κ1) is 32.6. The molecule has 1 fully saturated rings. The fraction of sp³-hybridized carbons (Fsp3) is 0.118. The third-order valence-corrected chi connectivity index (χ3v) is 11.8. The van der Waals surface area contributed by atoms with Crippen LogP contribution in [0.15, 0.2) is 170 Å². The normalized spacial score (nSPS) is 13.6. The molecule has 3 heterocycles. The predicted molar refractivity (Wildman–Crippen MR) is 231 cm³/mol. The average Bonchev–Trinajstić information content (AvgIpc) is 3.80. The van der Waals surface area contributed by atoms with E-state index >= 15 is 0 Å². The second-order valence-electron chi connectivity index (χ2n) is 15.0. The first-order chi connectivity index (χ1) is 27.8. The van der Waals surface area contributed by atoms with Gasteiger partial charge in [0.1, 0.15) is 0 Å². The quantitative estimate of drug-likeness (QED) is 0.172. The van der Waals surface area contributed by atoms with Gasteiger partial charge in [0.05, 0.1) is 27.8 Å². The van der Waals surface area contributed by atoms with Crippen LogP contribution in [0.2, 0.25) is 0 Å². The molecule has 1 aliphatic rings. The molecule has 0 bridgehead atoms. The number of hydrogen-bond donors (Lipinski definition) is 0. The van der Waals surface area contributed by atoms with Crippen molar-refractivity contribution in [3.8, 4) is 45.5 Å². The maximum absolute atomic E-state index is 5.52. The Labute approximate surface area is 325 Å². The molecule has 0 N–H and O–H groups in total. The second kappa shape index (κ2) is 13.5. The van der Waals surface area contributed by atoms with Crippen molar-refractivity contribution in [1.29, 1.82) is 0 Å². The zero-order valence-electron chi connectivity index (χ0n) is 31.0. The Morgan fingerprint density at radius 3 is 1.50 bits per heavy atom. The topological polar surface area (TPSA) is 48.5 Å². The Morgan fingerprint density at radius 1 is 0.393 bits per heavy atom. The number of benzene rings is 7. The van der Waals surface area contributed by atoms with E-state index in [4.69, 9.17) is 15.0 Å². The standard InChI is InChI=1S/C51H39N5/c1-3-17-34(18-4-1)36-31-32-37(35-19-5-2-6-20-35)43(33-36)50-52-49(53-51(54-50)56-46-28-14-9-23-40(46)41-24-10-15-29-47(41)56)42-25-11-16-30-48(42)55-44-26-12-7-21-38(44)39-22-8-13-27-45(39)55/h1,3-4,7-18,21-33,35H,2,5-6,19-20H2. The van der Waals surface area contributed by atoms with Gasteiger partial charge in [-0.3, -0.25) is 4.57 Å². The summed E-state index contributed by atoms with van der Waals surface area (Å²) >= 11 is 0. The van der Waals surface area contributed by atoms with Crippen molar-refractivity contribution in [3.63, 3.8) is 0 Å². The fourth-order valence-electron chi connectivity index (χ4n) is 9.21. The molecule has 10 aromatic rings. The monoisotopic (exact) mass is 721 g/mol. The van der Waals surface area contributed by atoms with Crippen LogP contribution in [-0.4, -0.2) is 24.1 Å². The zero-order chi connectivity index (χ0) is 37.0. The van der Waals surface area contributed by atoms with Crippen molar-refractivity contribution in [2.75, 3.05) is 0 Å². The van der Waals surface area contributed by atoms with E-state index in [0.717, 1.165) is 44.4 Å². The molecule has 0 unspecified atom stereocenters. The smallest absolute Gasteiger partial charge is 0.238 e. The summed E-state index contributed by atoms with van der Waals surface area (Å²) in [5.74, 6) is 2.40. The van der Waals surface area contributed by atoms with E-state index in [1.165, 1.54) is 64.8 Å². The van der Waals surface area contributed by atoms with E-state index in [-0.39, 0.29) is 0 Å². The molecule has 0 saturated heterocycles. The van der Waals surface area contributed by atoms with Gasteiger partial charge in [-0.15, -0.1) is 0 Å². The lowest BCUT2D eigenvalue weighted by Crippen LogP contribution is -2.10. The summed E-state index contributed by atoms with van der Waals surface area (Å²) in [6.45, 7) is 0. The number of nitrogens with zero attached hydrogens (tertiary/aromatic N) is 5. The minimum absolute atomic E-state index is 0.449. The van der Waals surface area contributed by atoms with Gasteiger partial charge in [0, 0.05) is 32.7 Å². The van der Waals surface area contributed by atoms with Crippen LogP contribution in [0.1, 0.15) is 43.6 Å². The van der Waals surface area contributed by atoms with Gasteiger partial charge in [-0.2, -0.15) is 9.97 Å². The minimum atomic E-state index is 0.449. The maximum Gasteiger partial charge on any atom is 0.238 e. The van der Waals surface area contributed by atoms with E-state index in [9.17, 15) is 0 Å².